The van der Waals surface area contributed by atoms with Crippen LogP contribution in [0.25, 0.3) is 0 Å². The molecule has 4 nitrogen and oxygen atoms in total. The Labute approximate surface area is 124 Å². The summed E-state index contributed by atoms with van der Waals surface area (Å²) in [6, 6.07) is 5.74. The fourth-order valence-electron chi connectivity index (χ4n) is 2.04. The summed E-state index contributed by atoms with van der Waals surface area (Å²) in [6.07, 6.45) is 1.52. The van der Waals surface area contributed by atoms with Gasteiger partial charge < -0.3 is 14.9 Å². The first-order valence-electron chi connectivity index (χ1n) is 7.26. The van der Waals surface area contributed by atoms with Gasteiger partial charge in [0.15, 0.2) is 0 Å². The quantitative estimate of drug-likeness (QED) is 0.652. The zero-order valence-corrected chi connectivity index (χ0v) is 12.3. The number of aliphatic carboxylic acids is 1. The normalized spacial score (nSPS) is 13.9. The van der Waals surface area contributed by atoms with E-state index in [1.54, 1.807) is 12.1 Å². The van der Waals surface area contributed by atoms with Crippen LogP contribution >= 0.6 is 0 Å². The van der Waals surface area contributed by atoms with Crippen LogP contribution in [0.15, 0.2) is 24.3 Å². The highest BCUT2D eigenvalue weighted by atomic mass is 19.1. The Balaban J connectivity index is 2.45. The minimum absolute atomic E-state index is 0.124. The van der Waals surface area contributed by atoms with Crippen LogP contribution in [0.2, 0.25) is 0 Å². The number of carboxylic acid groups (broad SMARTS) is 1. The number of aliphatic hydroxyl groups is 1. The number of hydrogen-bond acceptors (Lipinski definition) is 3. The van der Waals surface area contributed by atoms with Crippen LogP contribution in [0.1, 0.15) is 31.7 Å². The molecule has 0 aliphatic heterocycles. The Morgan fingerprint density at radius 3 is 2.57 bits per heavy atom. The maximum Gasteiger partial charge on any atom is 0.306 e. The van der Waals surface area contributed by atoms with Crippen molar-refractivity contribution in [3.8, 4) is 0 Å². The summed E-state index contributed by atoms with van der Waals surface area (Å²) in [7, 11) is 0. The van der Waals surface area contributed by atoms with Gasteiger partial charge in [-0.25, -0.2) is 4.39 Å². The van der Waals surface area contributed by atoms with E-state index in [0.29, 0.717) is 6.61 Å². The summed E-state index contributed by atoms with van der Waals surface area (Å²) in [6.45, 7) is 2.76. The van der Waals surface area contributed by atoms with Crippen LogP contribution < -0.4 is 0 Å². The number of carboxylic acids is 1. The minimum Gasteiger partial charge on any atom is -0.481 e. The van der Waals surface area contributed by atoms with Crippen LogP contribution in [0.5, 0.6) is 0 Å². The average molecular weight is 298 g/mol. The molecule has 0 saturated heterocycles. The second-order valence-corrected chi connectivity index (χ2v) is 5.18. The van der Waals surface area contributed by atoms with Crippen molar-refractivity contribution in [2.45, 2.75) is 38.7 Å². The van der Waals surface area contributed by atoms with Crippen molar-refractivity contribution in [3.63, 3.8) is 0 Å². The molecule has 118 valence electrons. The van der Waals surface area contributed by atoms with E-state index in [1.165, 1.54) is 12.1 Å². The van der Waals surface area contributed by atoms with Gasteiger partial charge in [-0.05, 0) is 37.0 Å². The number of unbranched alkanes of at least 4 members (excludes halogenated alkanes) is 1. The molecule has 0 aliphatic carbocycles. The second-order valence-electron chi connectivity index (χ2n) is 5.18. The number of halogens is 1. The highest BCUT2D eigenvalue weighted by molar-refractivity contribution is 5.70. The third-order valence-electron chi connectivity index (χ3n) is 3.25. The largest absolute Gasteiger partial charge is 0.481 e. The molecular formula is C16H23FO4. The summed E-state index contributed by atoms with van der Waals surface area (Å²) >= 11 is 0. The number of aliphatic hydroxyl groups excluding tert-OH is 1. The average Bonchev–Trinajstić information content (AvgIpc) is 2.45. The van der Waals surface area contributed by atoms with Gasteiger partial charge in [-0.15, -0.1) is 0 Å². The van der Waals surface area contributed by atoms with Gasteiger partial charge in [0.05, 0.1) is 18.6 Å². The Morgan fingerprint density at radius 2 is 2.00 bits per heavy atom. The van der Waals surface area contributed by atoms with Crippen LogP contribution in [0.3, 0.4) is 0 Å². The monoisotopic (exact) mass is 298 g/mol. The van der Waals surface area contributed by atoms with Gasteiger partial charge in [0.1, 0.15) is 5.82 Å². The van der Waals surface area contributed by atoms with Crippen LogP contribution in [0.4, 0.5) is 4.39 Å². The lowest BCUT2D eigenvalue weighted by atomic mass is 9.94. The van der Waals surface area contributed by atoms with E-state index in [9.17, 15) is 19.4 Å². The van der Waals surface area contributed by atoms with Crippen LogP contribution in [-0.2, 0) is 16.0 Å². The molecule has 0 bridgehead atoms. The molecule has 1 rings (SSSR count). The zero-order valence-electron chi connectivity index (χ0n) is 12.3. The third-order valence-corrected chi connectivity index (χ3v) is 3.25. The van der Waals surface area contributed by atoms with Gasteiger partial charge in [-0.2, -0.15) is 0 Å². The van der Waals surface area contributed by atoms with Crippen molar-refractivity contribution in [2.75, 3.05) is 13.2 Å². The summed E-state index contributed by atoms with van der Waals surface area (Å²) in [5.74, 6) is -2.03. The molecule has 2 N–H and O–H groups in total. The van der Waals surface area contributed by atoms with E-state index >= 15 is 0 Å². The molecule has 0 spiro atoms. The first kappa shape index (κ1) is 17.6. The lowest BCUT2D eigenvalue weighted by molar-refractivity contribution is -0.143. The Bertz CT molecular complexity index is 419. The van der Waals surface area contributed by atoms with E-state index < -0.39 is 18.0 Å². The van der Waals surface area contributed by atoms with Crippen molar-refractivity contribution in [3.05, 3.63) is 35.6 Å². The molecule has 21 heavy (non-hydrogen) atoms. The lowest BCUT2D eigenvalue weighted by Gasteiger charge is -2.17. The Morgan fingerprint density at radius 1 is 1.33 bits per heavy atom. The van der Waals surface area contributed by atoms with E-state index in [1.807, 2.05) is 6.92 Å². The first-order valence-corrected chi connectivity index (χ1v) is 7.26. The third kappa shape index (κ3) is 7.20. The minimum atomic E-state index is -0.966. The van der Waals surface area contributed by atoms with E-state index in [-0.39, 0.29) is 25.3 Å². The van der Waals surface area contributed by atoms with Gasteiger partial charge in [0.2, 0.25) is 0 Å². The standard InChI is InChI=1S/C16H23FO4/c1-2-3-8-21-11-15(18)10-13(16(19)20)9-12-4-6-14(17)7-5-12/h4-7,13,15,18H,2-3,8-11H2,1H3,(H,19,20). The van der Waals surface area contributed by atoms with Gasteiger partial charge >= 0.3 is 5.97 Å². The summed E-state index contributed by atoms with van der Waals surface area (Å²) in [4.78, 5) is 11.3. The smallest absolute Gasteiger partial charge is 0.306 e. The maximum absolute atomic E-state index is 12.8. The number of ether oxygens (including phenoxy) is 1. The van der Waals surface area contributed by atoms with Crippen molar-refractivity contribution in [1.29, 1.82) is 0 Å². The maximum atomic E-state index is 12.8. The van der Waals surface area contributed by atoms with Crippen LogP contribution in [-0.4, -0.2) is 35.5 Å². The molecule has 0 aliphatic rings. The van der Waals surface area contributed by atoms with Crippen molar-refractivity contribution < 1.29 is 24.1 Å². The van der Waals surface area contributed by atoms with Crippen molar-refractivity contribution >= 4 is 5.97 Å². The molecule has 0 aromatic heterocycles. The topological polar surface area (TPSA) is 66.8 Å². The summed E-state index contributed by atoms with van der Waals surface area (Å²) in [5.41, 5.74) is 0.739. The predicted molar refractivity (Wildman–Crippen MR) is 77.6 cm³/mol. The summed E-state index contributed by atoms with van der Waals surface area (Å²) in [5, 5.41) is 19.1. The van der Waals surface area contributed by atoms with Crippen molar-refractivity contribution in [1.82, 2.24) is 0 Å². The SMILES string of the molecule is CCCCOCC(O)CC(Cc1ccc(F)cc1)C(=O)O. The number of carbonyl (C=O) groups is 1. The lowest BCUT2D eigenvalue weighted by Crippen LogP contribution is -2.26. The molecule has 0 radical (unpaired) electrons. The van der Waals surface area contributed by atoms with Gasteiger partial charge in [0, 0.05) is 6.61 Å². The molecule has 0 heterocycles. The number of rotatable bonds is 10. The molecule has 2 unspecified atom stereocenters. The molecule has 0 fully saturated rings. The Hall–Kier alpha value is -1.46. The zero-order chi connectivity index (χ0) is 15.7. The van der Waals surface area contributed by atoms with E-state index in [2.05, 4.69) is 0 Å². The fraction of sp³-hybridized carbons (Fsp3) is 0.562. The fourth-order valence-corrected chi connectivity index (χ4v) is 2.04. The molecule has 1 aromatic rings. The first-order chi connectivity index (χ1) is 10.0. The van der Waals surface area contributed by atoms with E-state index in [4.69, 9.17) is 4.74 Å². The van der Waals surface area contributed by atoms with Crippen LogP contribution in [0, 0.1) is 11.7 Å². The molecule has 1 aromatic carbocycles. The van der Waals surface area contributed by atoms with Gasteiger partial charge in [0.25, 0.3) is 0 Å². The second kappa shape index (κ2) is 9.47. The summed E-state index contributed by atoms with van der Waals surface area (Å²) < 4.78 is 18.1. The number of hydrogen-bond donors (Lipinski definition) is 2. The highest BCUT2D eigenvalue weighted by Gasteiger charge is 2.22. The highest BCUT2D eigenvalue weighted by Crippen LogP contribution is 2.16. The predicted octanol–water partition coefficient (Wildman–Crippen LogP) is 2.64. The molecule has 0 saturated carbocycles. The molecular weight excluding hydrogens is 275 g/mol. The van der Waals surface area contributed by atoms with E-state index in [0.717, 1.165) is 18.4 Å². The molecule has 5 heteroatoms. The number of benzene rings is 1. The van der Waals surface area contributed by atoms with Gasteiger partial charge in [-0.3, -0.25) is 4.79 Å². The molecule has 0 amide bonds. The van der Waals surface area contributed by atoms with Gasteiger partial charge in [-0.1, -0.05) is 25.5 Å². The molecule has 2 atom stereocenters. The van der Waals surface area contributed by atoms with Crippen molar-refractivity contribution in [2.24, 2.45) is 5.92 Å². The Kier molecular flexibility index (Phi) is 7.93.